The average Bonchev–Trinajstić information content (AvgIpc) is 3.12. The number of benzene rings is 1. The summed E-state index contributed by atoms with van der Waals surface area (Å²) in [5.74, 6) is 3.01. The van der Waals surface area contributed by atoms with E-state index in [0.29, 0.717) is 6.04 Å². The van der Waals surface area contributed by atoms with Crippen LogP contribution in [0, 0.1) is 17.8 Å². The van der Waals surface area contributed by atoms with E-state index in [0.717, 1.165) is 24.3 Å². The average molecular weight is 322 g/mol. The summed E-state index contributed by atoms with van der Waals surface area (Å²) < 4.78 is 1.20. The third kappa shape index (κ3) is 3.05. The molecule has 0 aliphatic heterocycles. The molecule has 0 saturated heterocycles. The summed E-state index contributed by atoms with van der Waals surface area (Å²) in [5.41, 5.74) is 1.46. The topological polar surface area (TPSA) is 12.0 Å². The lowest BCUT2D eigenvalue weighted by atomic mass is 10.00. The maximum atomic E-state index is 3.75. The van der Waals surface area contributed by atoms with E-state index >= 15 is 0 Å². The van der Waals surface area contributed by atoms with Gasteiger partial charge >= 0.3 is 0 Å². The largest absolute Gasteiger partial charge is 0.314 e. The van der Waals surface area contributed by atoms with Crippen molar-refractivity contribution in [2.45, 2.75) is 45.1 Å². The Kier molecular flexibility index (Phi) is 4.28. The van der Waals surface area contributed by atoms with E-state index in [9.17, 15) is 0 Å². The SMILES string of the molecule is CCNC(Cc1cccc(Br)c1)C1C2CCCCC21. The van der Waals surface area contributed by atoms with Gasteiger partial charge in [0.15, 0.2) is 0 Å². The molecule has 1 aromatic rings. The normalized spacial score (nSPS) is 30.7. The molecule has 0 spiro atoms. The lowest BCUT2D eigenvalue weighted by Crippen LogP contribution is -2.34. The quantitative estimate of drug-likeness (QED) is 0.847. The predicted octanol–water partition coefficient (Wildman–Crippen LogP) is 4.41. The number of halogens is 1. The molecule has 19 heavy (non-hydrogen) atoms. The molecule has 2 saturated carbocycles. The van der Waals surface area contributed by atoms with E-state index in [-0.39, 0.29) is 0 Å². The number of likely N-dealkylation sites (N-methyl/N-ethyl adjacent to an activating group) is 1. The fourth-order valence-corrected chi connectivity index (χ4v) is 4.62. The minimum absolute atomic E-state index is 0.687. The zero-order valence-electron chi connectivity index (χ0n) is 11.7. The molecule has 2 aliphatic carbocycles. The first-order chi connectivity index (χ1) is 9.29. The second-order valence-electron chi connectivity index (χ2n) is 6.19. The first kappa shape index (κ1) is 13.6. The van der Waals surface area contributed by atoms with Crippen LogP contribution in [0.1, 0.15) is 38.2 Å². The summed E-state index contributed by atoms with van der Waals surface area (Å²) >= 11 is 3.58. The van der Waals surface area contributed by atoms with Gasteiger partial charge in [-0.1, -0.05) is 47.8 Å². The van der Waals surface area contributed by atoms with Crippen LogP contribution in [0.4, 0.5) is 0 Å². The van der Waals surface area contributed by atoms with Gasteiger partial charge in [0.25, 0.3) is 0 Å². The zero-order chi connectivity index (χ0) is 13.2. The van der Waals surface area contributed by atoms with Crippen molar-refractivity contribution in [3.05, 3.63) is 34.3 Å². The molecular formula is C17H24BrN. The highest BCUT2D eigenvalue weighted by atomic mass is 79.9. The van der Waals surface area contributed by atoms with Gasteiger partial charge in [0.1, 0.15) is 0 Å². The Hall–Kier alpha value is -0.340. The molecule has 0 aromatic heterocycles. The van der Waals surface area contributed by atoms with Gasteiger partial charge in [-0.3, -0.25) is 0 Å². The maximum absolute atomic E-state index is 3.75. The molecule has 3 atom stereocenters. The number of rotatable bonds is 5. The molecule has 0 bridgehead atoms. The lowest BCUT2D eigenvalue weighted by Gasteiger charge is -2.18. The van der Waals surface area contributed by atoms with Crippen molar-refractivity contribution in [3.8, 4) is 0 Å². The first-order valence-corrected chi connectivity index (χ1v) is 8.56. The molecule has 0 radical (unpaired) electrons. The summed E-state index contributed by atoms with van der Waals surface area (Å²) in [6.45, 7) is 3.33. The minimum atomic E-state index is 0.687. The van der Waals surface area contributed by atoms with Gasteiger partial charge in [-0.05, 0) is 61.3 Å². The van der Waals surface area contributed by atoms with Gasteiger partial charge in [0, 0.05) is 10.5 Å². The molecule has 1 N–H and O–H groups in total. The minimum Gasteiger partial charge on any atom is -0.314 e. The zero-order valence-corrected chi connectivity index (χ0v) is 13.3. The molecule has 104 valence electrons. The molecule has 2 fully saturated rings. The summed E-state index contributed by atoms with van der Waals surface area (Å²) in [4.78, 5) is 0. The van der Waals surface area contributed by atoms with Gasteiger partial charge in [-0.25, -0.2) is 0 Å². The predicted molar refractivity (Wildman–Crippen MR) is 84.2 cm³/mol. The Labute approximate surface area is 125 Å². The Morgan fingerprint density at radius 3 is 2.63 bits per heavy atom. The monoisotopic (exact) mass is 321 g/mol. The highest BCUT2D eigenvalue weighted by Gasteiger charge is 2.53. The third-order valence-electron chi connectivity index (χ3n) is 5.00. The van der Waals surface area contributed by atoms with E-state index in [2.05, 4.69) is 52.4 Å². The van der Waals surface area contributed by atoms with Gasteiger partial charge in [0.2, 0.25) is 0 Å². The van der Waals surface area contributed by atoms with E-state index in [1.54, 1.807) is 0 Å². The van der Waals surface area contributed by atoms with Crippen LogP contribution in [0.15, 0.2) is 28.7 Å². The maximum Gasteiger partial charge on any atom is 0.0178 e. The molecule has 1 nitrogen and oxygen atoms in total. The smallest absolute Gasteiger partial charge is 0.0178 e. The van der Waals surface area contributed by atoms with E-state index in [4.69, 9.17) is 0 Å². The molecule has 3 rings (SSSR count). The van der Waals surface area contributed by atoms with Crippen LogP contribution in [0.5, 0.6) is 0 Å². The highest BCUT2D eigenvalue weighted by molar-refractivity contribution is 9.10. The fraction of sp³-hybridized carbons (Fsp3) is 0.647. The third-order valence-corrected chi connectivity index (χ3v) is 5.49. The van der Waals surface area contributed by atoms with Crippen molar-refractivity contribution in [2.75, 3.05) is 6.54 Å². The molecule has 2 aliphatic rings. The summed E-state index contributed by atoms with van der Waals surface area (Å²) in [6, 6.07) is 9.50. The van der Waals surface area contributed by atoms with Crippen LogP contribution in [-0.2, 0) is 6.42 Å². The van der Waals surface area contributed by atoms with Gasteiger partial charge in [0.05, 0.1) is 0 Å². The van der Waals surface area contributed by atoms with Gasteiger partial charge in [-0.2, -0.15) is 0 Å². The summed E-state index contributed by atoms with van der Waals surface area (Å²) in [6.07, 6.45) is 7.08. The van der Waals surface area contributed by atoms with Crippen molar-refractivity contribution >= 4 is 15.9 Å². The number of fused-ring (bicyclic) bond motifs is 1. The van der Waals surface area contributed by atoms with E-state index in [1.807, 2.05) is 0 Å². The van der Waals surface area contributed by atoms with Crippen LogP contribution in [-0.4, -0.2) is 12.6 Å². The highest BCUT2D eigenvalue weighted by Crippen LogP contribution is 2.57. The lowest BCUT2D eigenvalue weighted by molar-refractivity contribution is 0.437. The van der Waals surface area contributed by atoms with Crippen molar-refractivity contribution in [1.29, 1.82) is 0 Å². The number of hydrogen-bond acceptors (Lipinski definition) is 1. The van der Waals surface area contributed by atoms with Crippen molar-refractivity contribution in [2.24, 2.45) is 17.8 Å². The standard InChI is InChI=1S/C17H24BrN/c1-2-19-16(11-12-6-5-7-13(18)10-12)17-14-8-3-4-9-15(14)17/h5-7,10,14-17,19H,2-4,8-9,11H2,1H3. The fourth-order valence-electron chi connectivity index (χ4n) is 4.17. The molecule has 3 unspecified atom stereocenters. The van der Waals surface area contributed by atoms with Crippen LogP contribution >= 0.6 is 15.9 Å². The van der Waals surface area contributed by atoms with Crippen LogP contribution in [0.3, 0.4) is 0 Å². The summed E-state index contributed by atoms with van der Waals surface area (Å²) in [7, 11) is 0. The van der Waals surface area contributed by atoms with Crippen molar-refractivity contribution in [1.82, 2.24) is 5.32 Å². The Balaban J connectivity index is 1.68. The second-order valence-corrected chi connectivity index (χ2v) is 7.10. The summed E-state index contributed by atoms with van der Waals surface area (Å²) in [5, 5.41) is 3.75. The molecular weight excluding hydrogens is 298 g/mol. The van der Waals surface area contributed by atoms with E-state index < -0.39 is 0 Å². The van der Waals surface area contributed by atoms with Crippen LogP contribution < -0.4 is 5.32 Å². The Bertz CT molecular complexity index is 419. The first-order valence-electron chi connectivity index (χ1n) is 7.77. The number of hydrogen-bond donors (Lipinski definition) is 1. The van der Waals surface area contributed by atoms with E-state index in [1.165, 1.54) is 42.1 Å². The number of nitrogens with one attached hydrogen (secondary N) is 1. The van der Waals surface area contributed by atoms with Gasteiger partial charge < -0.3 is 5.32 Å². The molecule has 0 heterocycles. The Morgan fingerprint density at radius 1 is 1.26 bits per heavy atom. The van der Waals surface area contributed by atoms with Crippen LogP contribution in [0.25, 0.3) is 0 Å². The van der Waals surface area contributed by atoms with Crippen molar-refractivity contribution in [3.63, 3.8) is 0 Å². The molecule has 0 amide bonds. The Morgan fingerprint density at radius 2 is 2.00 bits per heavy atom. The molecule has 2 heteroatoms. The second kappa shape index (κ2) is 5.97. The van der Waals surface area contributed by atoms with Crippen LogP contribution in [0.2, 0.25) is 0 Å². The molecule has 1 aromatic carbocycles. The van der Waals surface area contributed by atoms with Gasteiger partial charge in [-0.15, -0.1) is 0 Å². The van der Waals surface area contributed by atoms with Crippen molar-refractivity contribution < 1.29 is 0 Å².